The third kappa shape index (κ3) is 4.73. The van der Waals surface area contributed by atoms with Crippen molar-refractivity contribution in [3.05, 3.63) is 100 Å². The Hall–Kier alpha value is -4.18. The molecule has 7 nitrogen and oxygen atoms in total. The average Bonchev–Trinajstić information content (AvgIpc) is 3.15. The minimum atomic E-state index is -4.78. The van der Waals surface area contributed by atoms with Gasteiger partial charge in [0.1, 0.15) is 5.75 Å². The van der Waals surface area contributed by atoms with E-state index in [2.05, 4.69) is 19.9 Å². The van der Waals surface area contributed by atoms with E-state index in [9.17, 15) is 18.0 Å². The van der Waals surface area contributed by atoms with E-state index in [-0.39, 0.29) is 12.3 Å². The minimum Gasteiger partial charge on any atom is -0.406 e. The maximum Gasteiger partial charge on any atom is 0.573 e. The molecule has 0 saturated carbocycles. The predicted octanol–water partition coefficient (Wildman–Crippen LogP) is 5.22. The van der Waals surface area contributed by atoms with Gasteiger partial charge >= 0.3 is 12.1 Å². The number of halogens is 4. The second-order valence-electron chi connectivity index (χ2n) is 7.54. The van der Waals surface area contributed by atoms with E-state index in [0.717, 1.165) is 16.7 Å². The van der Waals surface area contributed by atoms with E-state index in [4.69, 9.17) is 11.6 Å². The predicted molar refractivity (Wildman–Crippen MR) is 123 cm³/mol. The molecule has 3 aromatic heterocycles. The topological polar surface area (TPSA) is 74.3 Å². The molecule has 5 aromatic rings. The fourth-order valence-electron chi connectivity index (χ4n) is 3.68. The molecule has 2 aromatic carbocycles. The fourth-order valence-corrected chi connectivity index (χ4v) is 3.81. The Kier molecular flexibility index (Phi) is 5.73. The number of pyridine rings is 1. The van der Waals surface area contributed by atoms with Gasteiger partial charge in [0.05, 0.1) is 12.7 Å². The number of rotatable bonds is 5. The van der Waals surface area contributed by atoms with Crippen LogP contribution in [0.5, 0.6) is 5.75 Å². The molecular weight excluding hydrogens is 483 g/mol. The lowest BCUT2D eigenvalue weighted by Gasteiger charge is -2.10. The summed E-state index contributed by atoms with van der Waals surface area (Å²) in [6, 6.07) is 16.1. The standard InChI is InChI=1S/C24H15ClF3N5O2/c25-18-5-3-16(4-6-18)20-13-30-33-22(21(20)17-9-11-29-12-10-17)31-32(23(33)34)14-15-1-7-19(8-2-15)35-24(26,27)28/h1-13H,14H2. The lowest BCUT2D eigenvalue weighted by atomic mass is 9.98. The molecule has 0 atom stereocenters. The number of hydrogen-bond donors (Lipinski definition) is 0. The van der Waals surface area contributed by atoms with Crippen molar-refractivity contribution in [3.63, 3.8) is 0 Å². The number of ether oxygens (including phenoxy) is 1. The molecule has 0 aliphatic rings. The van der Waals surface area contributed by atoms with E-state index < -0.39 is 12.1 Å². The van der Waals surface area contributed by atoms with Crippen LogP contribution in [0.3, 0.4) is 0 Å². The zero-order valence-corrected chi connectivity index (χ0v) is 18.5. The fraction of sp³-hybridized carbons (Fsp3) is 0.0833. The van der Waals surface area contributed by atoms with Crippen molar-refractivity contribution in [2.75, 3.05) is 0 Å². The maximum absolute atomic E-state index is 13.1. The van der Waals surface area contributed by atoms with Gasteiger partial charge in [-0.05, 0) is 53.1 Å². The number of hydrogen-bond acceptors (Lipinski definition) is 5. The van der Waals surface area contributed by atoms with Gasteiger partial charge in [0.2, 0.25) is 0 Å². The van der Waals surface area contributed by atoms with Crippen LogP contribution in [0.1, 0.15) is 5.56 Å². The monoisotopic (exact) mass is 497 g/mol. The number of benzene rings is 2. The first-order valence-electron chi connectivity index (χ1n) is 10.3. The number of nitrogens with zero attached hydrogens (tertiary/aromatic N) is 5. The van der Waals surface area contributed by atoms with Crippen molar-refractivity contribution in [1.29, 1.82) is 0 Å². The third-order valence-electron chi connectivity index (χ3n) is 5.23. The molecule has 0 radical (unpaired) electrons. The molecule has 5 rings (SSSR count). The van der Waals surface area contributed by atoms with Crippen LogP contribution in [0.2, 0.25) is 5.02 Å². The Bertz CT molecular complexity index is 1550. The summed E-state index contributed by atoms with van der Waals surface area (Å²) in [6.45, 7) is 0.0283. The van der Waals surface area contributed by atoms with Crippen molar-refractivity contribution < 1.29 is 17.9 Å². The summed E-state index contributed by atoms with van der Waals surface area (Å²) >= 11 is 6.04. The molecule has 11 heteroatoms. The summed E-state index contributed by atoms with van der Waals surface area (Å²) in [4.78, 5) is 17.1. The number of alkyl halides is 3. The van der Waals surface area contributed by atoms with Gasteiger partial charge in [0.25, 0.3) is 0 Å². The van der Waals surface area contributed by atoms with Crippen LogP contribution >= 0.6 is 11.6 Å². The molecule has 0 bridgehead atoms. The molecule has 3 heterocycles. The molecule has 0 spiro atoms. The third-order valence-corrected chi connectivity index (χ3v) is 5.48. The molecule has 0 unspecified atom stereocenters. The van der Waals surface area contributed by atoms with Crippen LogP contribution < -0.4 is 10.4 Å². The Labute approximate surface area is 201 Å². The van der Waals surface area contributed by atoms with Crippen molar-refractivity contribution in [3.8, 4) is 28.0 Å². The molecule has 176 valence electrons. The summed E-state index contributed by atoms with van der Waals surface area (Å²) in [5.74, 6) is -0.349. The zero-order chi connectivity index (χ0) is 24.6. The van der Waals surface area contributed by atoms with E-state index in [1.165, 1.54) is 33.5 Å². The van der Waals surface area contributed by atoms with Crippen molar-refractivity contribution in [2.45, 2.75) is 12.9 Å². The Morgan fingerprint density at radius 1 is 0.914 bits per heavy atom. The summed E-state index contributed by atoms with van der Waals surface area (Å²) in [5.41, 5.74) is 3.43. The van der Waals surface area contributed by atoms with Crippen LogP contribution in [-0.4, -0.2) is 30.7 Å². The molecule has 0 fully saturated rings. The van der Waals surface area contributed by atoms with E-state index >= 15 is 0 Å². The van der Waals surface area contributed by atoms with E-state index in [1.54, 1.807) is 42.9 Å². The lowest BCUT2D eigenvalue weighted by Crippen LogP contribution is -2.23. The van der Waals surface area contributed by atoms with Gasteiger partial charge in [-0.3, -0.25) is 4.98 Å². The molecule has 35 heavy (non-hydrogen) atoms. The number of fused-ring (bicyclic) bond motifs is 1. The molecule has 0 aliphatic carbocycles. The van der Waals surface area contributed by atoms with Crippen LogP contribution in [0, 0.1) is 0 Å². The van der Waals surface area contributed by atoms with Gasteiger partial charge < -0.3 is 4.74 Å². The van der Waals surface area contributed by atoms with Crippen molar-refractivity contribution in [1.82, 2.24) is 24.4 Å². The first kappa shape index (κ1) is 22.6. The van der Waals surface area contributed by atoms with E-state index in [0.29, 0.717) is 21.8 Å². The van der Waals surface area contributed by atoms with Gasteiger partial charge in [-0.15, -0.1) is 18.3 Å². The second-order valence-corrected chi connectivity index (χ2v) is 7.98. The highest BCUT2D eigenvalue weighted by atomic mass is 35.5. The van der Waals surface area contributed by atoms with Gasteiger partial charge in [-0.2, -0.15) is 9.61 Å². The Balaban J connectivity index is 1.60. The second kappa shape index (κ2) is 8.88. The quantitative estimate of drug-likeness (QED) is 0.333. The Morgan fingerprint density at radius 2 is 1.60 bits per heavy atom. The van der Waals surface area contributed by atoms with E-state index in [1.807, 2.05) is 12.1 Å². The lowest BCUT2D eigenvalue weighted by molar-refractivity contribution is -0.274. The summed E-state index contributed by atoms with van der Waals surface area (Å²) < 4.78 is 43.5. The molecule has 0 saturated heterocycles. The van der Waals surface area contributed by atoms with Crippen LogP contribution in [-0.2, 0) is 6.54 Å². The Morgan fingerprint density at radius 3 is 2.26 bits per heavy atom. The average molecular weight is 498 g/mol. The van der Waals surface area contributed by atoms with Gasteiger partial charge in [0, 0.05) is 28.5 Å². The molecular formula is C24H15ClF3N5O2. The first-order chi connectivity index (χ1) is 16.8. The van der Waals surface area contributed by atoms with Gasteiger partial charge in [-0.25, -0.2) is 9.48 Å². The van der Waals surface area contributed by atoms with Gasteiger partial charge in [-0.1, -0.05) is 35.9 Å². The van der Waals surface area contributed by atoms with Crippen molar-refractivity contribution >= 4 is 17.2 Å². The van der Waals surface area contributed by atoms with Crippen LogP contribution in [0.15, 0.2) is 84.0 Å². The molecule has 0 amide bonds. The highest BCUT2D eigenvalue weighted by Crippen LogP contribution is 2.34. The summed E-state index contributed by atoms with van der Waals surface area (Å²) in [6.07, 6.45) is 0.0781. The van der Waals surface area contributed by atoms with Gasteiger partial charge in [0.15, 0.2) is 5.65 Å². The number of aromatic nitrogens is 5. The molecule has 0 N–H and O–H groups in total. The highest BCUT2D eigenvalue weighted by molar-refractivity contribution is 6.30. The van der Waals surface area contributed by atoms with Crippen LogP contribution in [0.25, 0.3) is 27.9 Å². The normalized spacial score (nSPS) is 11.7. The van der Waals surface area contributed by atoms with Crippen molar-refractivity contribution in [2.24, 2.45) is 0 Å². The SMILES string of the molecule is O=c1n(Cc2ccc(OC(F)(F)F)cc2)nc2c(-c3ccncc3)c(-c3ccc(Cl)cc3)cnn12. The largest absolute Gasteiger partial charge is 0.573 e. The summed E-state index contributed by atoms with van der Waals surface area (Å²) in [7, 11) is 0. The maximum atomic E-state index is 13.1. The smallest absolute Gasteiger partial charge is 0.406 e. The molecule has 0 aliphatic heterocycles. The first-order valence-corrected chi connectivity index (χ1v) is 10.7. The highest BCUT2D eigenvalue weighted by Gasteiger charge is 2.31. The zero-order valence-electron chi connectivity index (χ0n) is 17.8. The minimum absolute atomic E-state index is 0.0283. The van der Waals surface area contributed by atoms with Crippen LogP contribution in [0.4, 0.5) is 13.2 Å². The summed E-state index contributed by atoms with van der Waals surface area (Å²) in [5, 5.41) is 9.41.